The molecule has 0 bridgehead atoms. The first-order valence-electron chi connectivity index (χ1n) is 5.77. The molecule has 0 atom stereocenters. The van der Waals surface area contributed by atoms with Crippen LogP contribution in [0.3, 0.4) is 0 Å². The van der Waals surface area contributed by atoms with E-state index in [0.717, 1.165) is 10.4 Å². The van der Waals surface area contributed by atoms with Crippen LogP contribution in [0.1, 0.15) is 11.1 Å². The largest absolute Gasteiger partial charge is 0.344 e. The number of anilines is 2. The van der Waals surface area contributed by atoms with E-state index in [1.165, 1.54) is 22.5 Å². The quantitative estimate of drug-likeness (QED) is 0.691. The van der Waals surface area contributed by atoms with E-state index in [1.807, 2.05) is 12.1 Å². The minimum atomic E-state index is 0.770. The standard InChI is InChI=1S/C15H15BrClN/c1-11-5-3-4-6-14(11)18(2)15-8-7-13(17)9-12(15)10-16/h3-9H,10H2,1-2H3. The molecule has 0 aromatic heterocycles. The Balaban J connectivity index is 2.46. The molecule has 0 heterocycles. The molecule has 2 aromatic carbocycles. The van der Waals surface area contributed by atoms with Crippen LogP contribution in [0, 0.1) is 6.92 Å². The average Bonchev–Trinajstić information content (AvgIpc) is 2.38. The smallest absolute Gasteiger partial charge is 0.0450 e. The zero-order valence-corrected chi connectivity index (χ0v) is 12.8. The van der Waals surface area contributed by atoms with Crippen molar-refractivity contribution in [1.82, 2.24) is 0 Å². The van der Waals surface area contributed by atoms with Gasteiger partial charge in [-0.05, 0) is 42.3 Å². The maximum atomic E-state index is 6.04. The third kappa shape index (κ3) is 2.70. The minimum Gasteiger partial charge on any atom is -0.344 e. The first kappa shape index (κ1) is 13.4. The maximum absolute atomic E-state index is 6.04. The summed E-state index contributed by atoms with van der Waals surface area (Å²) in [5, 5.41) is 1.56. The lowest BCUT2D eigenvalue weighted by Gasteiger charge is -2.24. The molecule has 0 aliphatic carbocycles. The molecule has 0 aliphatic heterocycles. The van der Waals surface area contributed by atoms with Crippen LogP contribution in [0.2, 0.25) is 5.02 Å². The molecule has 2 aromatic rings. The maximum Gasteiger partial charge on any atom is 0.0450 e. The van der Waals surface area contributed by atoms with Gasteiger partial charge in [0.25, 0.3) is 0 Å². The van der Waals surface area contributed by atoms with Gasteiger partial charge in [-0.25, -0.2) is 0 Å². The molecule has 18 heavy (non-hydrogen) atoms. The van der Waals surface area contributed by atoms with Crippen molar-refractivity contribution < 1.29 is 0 Å². The van der Waals surface area contributed by atoms with Crippen molar-refractivity contribution in [2.24, 2.45) is 0 Å². The first-order chi connectivity index (χ1) is 8.63. The number of rotatable bonds is 3. The van der Waals surface area contributed by atoms with E-state index < -0.39 is 0 Å². The summed E-state index contributed by atoms with van der Waals surface area (Å²) in [7, 11) is 2.08. The Morgan fingerprint density at radius 1 is 1.11 bits per heavy atom. The molecule has 0 amide bonds. The van der Waals surface area contributed by atoms with E-state index in [0.29, 0.717) is 0 Å². The summed E-state index contributed by atoms with van der Waals surface area (Å²) in [5.74, 6) is 0. The highest BCUT2D eigenvalue weighted by atomic mass is 79.9. The van der Waals surface area contributed by atoms with Gasteiger partial charge in [0.2, 0.25) is 0 Å². The fraction of sp³-hybridized carbons (Fsp3) is 0.200. The van der Waals surface area contributed by atoms with Crippen molar-refractivity contribution in [3.8, 4) is 0 Å². The Kier molecular flexibility index (Phi) is 4.31. The summed E-state index contributed by atoms with van der Waals surface area (Å²) in [4.78, 5) is 2.20. The zero-order valence-electron chi connectivity index (χ0n) is 10.5. The lowest BCUT2D eigenvalue weighted by molar-refractivity contribution is 1.16. The topological polar surface area (TPSA) is 3.24 Å². The fourth-order valence-electron chi connectivity index (χ4n) is 2.06. The highest BCUT2D eigenvalue weighted by Crippen LogP contribution is 2.32. The number of aryl methyl sites for hydroxylation is 1. The van der Waals surface area contributed by atoms with Crippen LogP contribution in [0.5, 0.6) is 0 Å². The number of nitrogens with zero attached hydrogens (tertiary/aromatic N) is 1. The molecule has 0 N–H and O–H groups in total. The van der Waals surface area contributed by atoms with E-state index >= 15 is 0 Å². The Morgan fingerprint density at radius 2 is 1.83 bits per heavy atom. The molecule has 94 valence electrons. The van der Waals surface area contributed by atoms with Crippen LogP contribution in [-0.2, 0) is 5.33 Å². The summed E-state index contributed by atoms with van der Waals surface area (Å²) < 4.78 is 0. The number of hydrogen-bond acceptors (Lipinski definition) is 1. The van der Waals surface area contributed by atoms with Crippen molar-refractivity contribution in [3.05, 3.63) is 58.6 Å². The highest BCUT2D eigenvalue weighted by Gasteiger charge is 2.10. The Bertz CT molecular complexity index is 554. The average molecular weight is 325 g/mol. The SMILES string of the molecule is Cc1ccccc1N(C)c1ccc(Cl)cc1CBr. The summed E-state index contributed by atoms with van der Waals surface area (Å²) >= 11 is 9.55. The van der Waals surface area contributed by atoms with Gasteiger partial charge in [0.05, 0.1) is 0 Å². The second-order valence-electron chi connectivity index (χ2n) is 4.25. The molecule has 0 unspecified atom stereocenters. The molecule has 0 saturated carbocycles. The second-order valence-corrected chi connectivity index (χ2v) is 5.25. The van der Waals surface area contributed by atoms with Crippen LogP contribution in [0.25, 0.3) is 0 Å². The second kappa shape index (κ2) is 5.77. The van der Waals surface area contributed by atoms with Gasteiger partial charge < -0.3 is 4.90 Å². The molecule has 0 aliphatic rings. The van der Waals surface area contributed by atoms with Crippen LogP contribution in [0.4, 0.5) is 11.4 Å². The van der Waals surface area contributed by atoms with Crippen LogP contribution >= 0.6 is 27.5 Å². The molecular weight excluding hydrogens is 310 g/mol. The summed E-state index contributed by atoms with van der Waals surface area (Å²) in [6.07, 6.45) is 0. The monoisotopic (exact) mass is 323 g/mol. The molecule has 1 nitrogen and oxygen atoms in total. The van der Waals surface area contributed by atoms with Gasteiger partial charge in [-0.15, -0.1) is 0 Å². The predicted octanol–water partition coefficient (Wildman–Crippen LogP) is 5.31. The molecular formula is C15H15BrClN. The van der Waals surface area contributed by atoms with Gasteiger partial charge in [0, 0.05) is 28.8 Å². The van der Waals surface area contributed by atoms with Crippen molar-refractivity contribution in [1.29, 1.82) is 0 Å². The van der Waals surface area contributed by atoms with Crippen LogP contribution < -0.4 is 4.90 Å². The zero-order chi connectivity index (χ0) is 13.1. The molecule has 2 rings (SSSR count). The predicted molar refractivity (Wildman–Crippen MR) is 83.3 cm³/mol. The van der Waals surface area contributed by atoms with Crippen molar-refractivity contribution >= 4 is 38.9 Å². The Hall–Kier alpha value is -0.990. The number of para-hydroxylation sites is 1. The van der Waals surface area contributed by atoms with Crippen molar-refractivity contribution in [2.75, 3.05) is 11.9 Å². The summed E-state index contributed by atoms with van der Waals surface area (Å²) in [6.45, 7) is 2.12. The number of benzene rings is 2. The number of hydrogen-bond donors (Lipinski definition) is 0. The van der Waals surface area contributed by atoms with Crippen LogP contribution in [0.15, 0.2) is 42.5 Å². The van der Waals surface area contributed by atoms with Gasteiger partial charge >= 0.3 is 0 Å². The van der Waals surface area contributed by atoms with Crippen LogP contribution in [-0.4, -0.2) is 7.05 Å². The molecule has 0 fully saturated rings. The van der Waals surface area contributed by atoms with Gasteiger partial charge in [-0.2, -0.15) is 0 Å². The summed E-state index contributed by atoms with van der Waals surface area (Å²) in [6, 6.07) is 14.4. The van der Waals surface area contributed by atoms with Crippen molar-refractivity contribution in [2.45, 2.75) is 12.3 Å². The van der Waals surface area contributed by atoms with E-state index in [-0.39, 0.29) is 0 Å². The first-order valence-corrected chi connectivity index (χ1v) is 7.27. The van der Waals surface area contributed by atoms with Gasteiger partial charge in [0.1, 0.15) is 0 Å². The highest BCUT2D eigenvalue weighted by molar-refractivity contribution is 9.08. The van der Waals surface area contributed by atoms with E-state index in [4.69, 9.17) is 11.6 Å². The lowest BCUT2D eigenvalue weighted by atomic mass is 10.1. The normalized spacial score (nSPS) is 10.4. The van der Waals surface area contributed by atoms with Gasteiger partial charge in [-0.1, -0.05) is 45.7 Å². The third-order valence-electron chi connectivity index (χ3n) is 3.02. The van der Waals surface area contributed by atoms with E-state index in [9.17, 15) is 0 Å². The van der Waals surface area contributed by atoms with E-state index in [2.05, 4.69) is 65.1 Å². The Morgan fingerprint density at radius 3 is 2.50 bits per heavy atom. The molecule has 0 saturated heterocycles. The van der Waals surface area contributed by atoms with Gasteiger partial charge in [-0.3, -0.25) is 0 Å². The third-order valence-corrected chi connectivity index (χ3v) is 3.86. The molecule has 0 radical (unpaired) electrons. The minimum absolute atomic E-state index is 0.770. The van der Waals surface area contributed by atoms with Gasteiger partial charge in [0.15, 0.2) is 0 Å². The lowest BCUT2D eigenvalue weighted by Crippen LogP contribution is -2.12. The fourth-order valence-corrected chi connectivity index (χ4v) is 2.70. The van der Waals surface area contributed by atoms with Crippen molar-refractivity contribution in [3.63, 3.8) is 0 Å². The number of halogens is 2. The molecule has 3 heteroatoms. The summed E-state index contributed by atoms with van der Waals surface area (Å²) in [5.41, 5.74) is 4.83. The molecule has 0 spiro atoms. The number of alkyl halides is 1. The van der Waals surface area contributed by atoms with E-state index in [1.54, 1.807) is 0 Å². The Labute approximate surface area is 122 Å².